The van der Waals surface area contributed by atoms with Gasteiger partial charge >= 0.3 is 0 Å². The third-order valence-corrected chi connectivity index (χ3v) is 3.82. The van der Waals surface area contributed by atoms with Gasteiger partial charge in [-0.3, -0.25) is 0 Å². The van der Waals surface area contributed by atoms with Crippen LogP contribution in [0, 0.1) is 0 Å². The van der Waals surface area contributed by atoms with Crippen molar-refractivity contribution >= 4 is 11.8 Å². The van der Waals surface area contributed by atoms with Crippen LogP contribution in [0.1, 0.15) is 18.3 Å². The van der Waals surface area contributed by atoms with E-state index < -0.39 is 0 Å². The van der Waals surface area contributed by atoms with Crippen LogP contribution >= 0.6 is 11.8 Å². The maximum absolute atomic E-state index is 9.36. The zero-order valence-corrected chi connectivity index (χ0v) is 11.7. The average molecular weight is 278 g/mol. The highest BCUT2D eigenvalue weighted by molar-refractivity contribution is 7.99. The van der Waals surface area contributed by atoms with Crippen molar-refractivity contribution in [1.82, 2.24) is 14.8 Å². The van der Waals surface area contributed by atoms with Crippen LogP contribution in [0.15, 0.2) is 35.5 Å². The standard InChI is InChI=1S/C13H18N4OS/c1-10(18)9-19-13-16-15-12(7-14)17(13)8-11-5-3-2-4-6-11/h2-6,10,18H,7-9,14H2,1H3/t10-/m1/s1. The number of aliphatic hydroxyl groups is 1. The molecule has 1 heterocycles. The Morgan fingerprint density at radius 3 is 2.68 bits per heavy atom. The van der Waals surface area contributed by atoms with Gasteiger partial charge in [-0.2, -0.15) is 0 Å². The summed E-state index contributed by atoms with van der Waals surface area (Å²) in [6.45, 7) is 2.81. The van der Waals surface area contributed by atoms with Crippen LogP contribution in [0.5, 0.6) is 0 Å². The van der Waals surface area contributed by atoms with E-state index in [9.17, 15) is 5.11 Å². The van der Waals surface area contributed by atoms with Gasteiger partial charge in [0.05, 0.1) is 19.2 Å². The van der Waals surface area contributed by atoms with Crippen LogP contribution in [0.25, 0.3) is 0 Å². The number of hydrogen-bond donors (Lipinski definition) is 2. The predicted octanol–water partition coefficient (Wildman–Crippen LogP) is 1.26. The molecule has 6 heteroatoms. The van der Waals surface area contributed by atoms with E-state index in [2.05, 4.69) is 22.3 Å². The molecule has 3 N–H and O–H groups in total. The summed E-state index contributed by atoms with van der Waals surface area (Å²) in [6, 6.07) is 10.1. The largest absolute Gasteiger partial charge is 0.393 e. The van der Waals surface area contributed by atoms with Crippen LogP contribution in [0.2, 0.25) is 0 Å². The van der Waals surface area contributed by atoms with Crippen molar-refractivity contribution in [3.8, 4) is 0 Å². The van der Waals surface area contributed by atoms with Crippen LogP contribution in [-0.4, -0.2) is 31.7 Å². The number of nitrogens with zero attached hydrogens (tertiary/aromatic N) is 3. The molecule has 0 amide bonds. The normalized spacial score (nSPS) is 12.6. The van der Waals surface area contributed by atoms with Gasteiger partial charge in [0.15, 0.2) is 5.16 Å². The highest BCUT2D eigenvalue weighted by atomic mass is 32.2. The molecule has 5 nitrogen and oxygen atoms in total. The lowest BCUT2D eigenvalue weighted by molar-refractivity contribution is 0.220. The summed E-state index contributed by atoms with van der Waals surface area (Å²) >= 11 is 1.49. The van der Waals surface area contributed by atoms with Gasteiger partial charge < -0.3 is 15.4 Å². The molecule has 2 rings (SSSR count). The third kappa shape index (κ3) is 3.79. The first kappa shape index (κ1) is 14.0. The first-order valence-electron chi connectivity index (χ1n) is 6.17. The van der Waals surface area contributed by atoms with Crippen molar-refractivity contribution in [2.45, 2.75) is 31.3 Å². The van der Waals surface area contributed by atoms with Crippen molar-refractivity contribution in [3.63, 3.8) is 0 Å². The van der Waals surface area contributed by atoms with Crippen LogP contribution in [-0.2, 0) is 13.1 Å². The maximum atomic E-state index is 9.36. The Morgan fingerprint density at radius 2 is 2.05 bits per heavy atom. The van der Waals surface area contributed by atoms with Gasteiger partial charge in [0.25, 0.3) is 0 Å². The summed E-state index contributed by atoms with van der Waals surface area (Å²) in [5, 5.41) is 18.4. The molecule has 0 aliphatic rings. The van der Waals surface area contributed by atoms with E-state index in [4.69, 9.17) is 5.73 Å². The van der Waals surface area contributed by atoms with E-state index >= 15 is 0 Å². The first-order chi connectivity index (χ1) is 9.20. The highest BCUT2D eigenvalue weighted by Crippen LogP contribution is 2.19. The molecule has 102 valence electrons. The third-order valence-electron chi connectivity index (χ3n) is 2.61. The summed E-state index contributed by atoms with van der Waals surface area (Å²) in [7, 11) is 0. The molecule has 0 aliphatic carbocycles. The summed E-state index contributed by atoms with van der Waals surface area (Å²) in [5.74, 6) is 1.36. The van der Waals surface area contributed by atoms with Crippen molar-refractivity contribution in [2.75, 3.05) is 5.75 Å². The molecular weight excluding hydrogens is 260 g/mol. The average Bonchev–Trinajstić information content (AvgIpc) is 2.80. The fourth-order valence-corrected chi connectivity index (χ4v) is 2.51. The number of benzene rings is 1. The minimum atomic E-state index is -0.367. The van der Waals surface area contributed by atoms with Gasteiger partial charge in [-0.1, -0.05) is 42.1 Å². The van der Waals surface area contributed by atoms with Gasteiger partial charge in [-0.05, 0) is 12.5 Å². The minimum Gasteiger partial charge on any atom is -0.393 e. The van der Waals surface area contributed by atoms with Crippen LogP contribution in [0.3, 0.4) is 0 Å². The van der Waals surface area contributed by atoms with Gasteiger partial charge in [-0.25, -0.2) is 0 Å². The molecule has 0 spiro atoms. The number of aromatic nitrogens is 3. The Bertz CT molecular complexity index is 513. The summed E-state index contributed by atoms with van der Waals surface area (Å²) in [5.41, 5.74) is 6.87. The van der Waals surface area contributed by atoms with Crippen molar-refractivity contribution in [1.29, 1.82) is 0 Å². The van der Waals surface area contributed by atoms with Crippen molar-refractivity contribution in [2.24, 2.45) is 5.73 Å². The fraction of sp³-hybridized carbons (Fsp3) is 0.385. The lowest BCUT2D eigenvalue weighted by Crippen LogP contribution is -2.11. The maximum Gasteiger partial charge on any atom is 0.191 e. The predicted molar refractivity (Wildman–Crippen MR) is 75.9 cm³/mol. The van der Waals surface area contributed by atoms with Gasteiger partial charge in [0, 0.05) is 5.75 Å². The van der Waals surface area contributed by atoms with Gasteiger partial charge in [0.2, 0.25) is 0 Å². The second-order valence-electron chi connectivity index (χ2n) is 4.33. The van der Waals surface area contributed by atoms with E-state index in [1.54, 1.807) is 6.92 Å². The van der Waals surface area contributed by atoms with Crippen LogP contribution < -0.4 is 5.73 Å². The van der Waals surface area contributed by atoms with Gasteiger partial charge in [-0.15, -0.1) is 10.2 Å². The van der Waals surface area contributed by atoms with E-state index in [0.717, 1.165) is 11.0 Å². The first-order valence-corrected chi connectivity index (χ1v) is 7.16. The number of hydrogen-bond acceptors (Lipinski definition) is 5. The molecule has 0 unspecified atom stereocenters. The monoisotopic (exact) mass is 278 g/mol. The molecule has 0 saturated heterocycles. The molecular formula is C13H18N4OS. The second-order valence-corrected chi connectivity index (χ2v) is 5.32. The minimum absolute atomic E-state index is 0.356. The Hall–Kier alpha value is -1.37. The molecule has 19 heavy (non-hydrogen) atoms. The molecule has 0 radical (unpaired) electrons. The summed E-state index contributed by atoms with van der Waals surface area (Å²) in [6.07, 6.45) is -0.367. The second kappa shape index (κ2) is 6.70. The molecule has 1 atom stereocenters. The molecule has 0 saturated carbocycles. The molecule has 0 aliphatic heterocycles. The van der Waals surface area contributed by atoms with Crippen molar-refractivity contribution in [3.05, 3.63) is 41.7 Å². The Morgan fingerprint density at radius 1 is 1.32 bits per heavy atom. The lowest BCUT2D eigenvalue weighted by Gasteiger charge is -2.10. The number of rotatable bonds is 6. The van der Waals surface area contributed by atoms with E-state index in [1.807, 2.05) is 22.8 Å². The number of nitrogens with two attached hydrogens (primary N) is 1. The zero-order valence-electron chi connectivity index (χ0n) is 10.9. The van der Waals surface area contributed by atoms with E-state index in [-0.39, 0.29) is 6.10 Å². The lowest BCUT2D eigenvalue weighted by atomic mass is 10.2. The summed E-state index contributed by atoms with van der Waals surface area (Å²) < 4.78 is 2.00. The van der Waals surface area contributed by atoms with Crippen LogP contribution in [0.4, 0.5) is 0 Å². The molecule has 1 aromatic heterocycles. The quantitative estimate of drug-likeness (QED) is 0.778. The smallest absolute Gasteiger partial charge is 0.191 e. The number of aliphatic hydroxyl groups excluding tert-OH is 1. The Labute approximate surface area is 116 Å². The SMILES string of the molecule is C[C@@H](O)CSc1nnc(CN)n1Cc1ccccc1. The van der Waals surface area contributed by atoms with E-state index in [1.165, 1.54) is 17.3 Å². The van der Waals surface area contributed by atoms with Gasteiger partial charge in [0.1, 0.15) is 5.82 Å². The fourth-order valence-electron chi connectivity index (χ4n) is 1.70. The summed E-state index contributed by atoms with van der Waals surface area (Å²) in [4.78, 5) is 0. The molecule has 2 aromatic rings. The molecule has 1 aromatic carbocycles. The Kier molecular flexibility index (Phi) is 4.95. The zero-order chi connectivity index (χ0) is 13.7. The highest BCUT2D eigenvalue weighted by Gasteiger charge is 2.12. The van der Waals surface area contributed by atoms with E-state index in [0.29, 0.717) is 18.8 Å². The molecule has 0 fully saturated rings. The topological polar surface area (TPSA) is 77.0 Å². The molecule has 0 bridgehead atoms. The Balaban J connectivity index is 2.19. The number of thioether (sulfide) groups is 1. The van der Waals surface area contributed by atoms with Crippen molar-refractivity contribution < 1.29 is 5.11 Å².